The highest BCUT2D eigenvalue weighted by atomic mass is 15.0. The molecule has 0 aliphatic heterocycles. The van der Waals surface area contributed by atoms with Gasteiger partial charge in [0.1, 0.15) is 5.65 Å². The second-order valence-electron chi connectivity index (χ2n) is 12.1. The maximum Gasteiger partial charge on any atom is 0.146 e. The van der Waals surface area contributed by atoms with Crippen LogP contribution in [0.25, 0.3) is 93.3 Å². The number of aromatic nitrogens is 6. The minimum Gasteiger partial charge on any atom is -0.309 e. The van der Waals surface area contributed by atoms with E-state index in [4.69, 9.17) is 4.98 Å². The third kappa shape index (κ3) is 3.16. The van der Waals surface area contributed by atoms with Gasteiger partial charge in [-0.05, 0) is 54.6 Å². The van der Waals surface area contributed by atoms with E-state index in [1.165, 1.54) is 38.1 Å². The zero-order valence-electron chi connectivity index (χ0n) is 25.0. The molecule has 0 amide bonds. The van der Waals surface area contributed by atoms with Crippen LogP contribution in [0.4, 0.5) is 0 Å². The summed E-state index contributed by atoms with van der Waals surface area (Å²) in [5, 5.41) is 8.26. The van der Waals surface area contributed by atoms with Gasteiger partial charge in [-0.2, -0.15) is 0 Å². The normalized spacial score (nSPS) is 12.3. The molecule has 0 bridgehead atoms. The van der Waals surface area contributed by atoms with Crippen LogP contribution in [0.15, 0.2) is 146 Å². The van der Waals surface area contributed by atoms with Crippen molar-refractivity contribution in [1.82, 2.24) is 28.5 Å². The van der Waals surface area contributed by atoms with Crippen LogP contribution in [0.5, 0.6) is 0 Å². The van der Waals surface area contributed by atoms with Crippen molar-refractivity contribution >= 4 is 82.0 Å². The molecule has 0 radical (unpaired) electrons. The number of pyridine rings is 3. The summed E-state index contributed by atoms with van der Waals surface area (Å²) in [4.78, 5) is 14.2. The number of para-hydroxylation sites is 3. The molecular weight excluding hydrogens is 576 g/mol. The summed E-state index contributed by atoms with van der Waals surface area (Å²) >= 11 is 0. The second-order valence-corrected chi connectivity index (χ2v) is 12.1. The second kappa shape index (κ2) is 9.02. The molecule has 11 rings (SSSR count). The lowest BCUT2D eigenvalue weighted by molar-refractivity contribution is 1.18. The molecule has 5 aromatic carbocycles. The fourth-order valence-electron chi connectivity index (χ4n) is 7.92. The highest BCUT2D eigenvalue weighted by molar-refractivity contribution is 6.32. The largest absolute Gasteiger partial charge is 0.309 e. The van der Waals surface area contributed by atoms with Crippen molar-refractivity contribution in [3.63, 3.8) is 0 Å². The minimum absolute atomic E-state index is 0.904. The maximum atomic E-state index is 5.17. The van der Waals surface area contributed by atoms with Crippen molar-refractivity contribution in [2.24, 2.45) is 0 Å². The van der Waals surface area contributed by atoms with E-state index >= 15 is 0 Å². The van der Waals surface area contributed by atoms with E-state index < -0.39 is 0 Å². The van der Waals surface area contributed by atoms with E-state index in [2.05, 4.69) is 139 Å². The Kier molecular flexibility index (Phi) is 4.75. The van der Waals surface area contributed by atoms with Gasteiger partial charge in [-0.1, -0.05) is 66.7 Å². The predicted octanol–water partition coefficient (Wildman–Crippen LogP) is 9.78. The molecule has 0 saturated carbocycles. The third-order valence-electron chi connectivity index (χ3n) is 9.76. The molecule has 0 unspecified atom stereocenters. The smallest absolute Gasteiger partial charge is 0.146 e. The summed E-state index contributed by atoms with van der Waals surface area (Å²) in [6.07, 6.45) is 7.55. The van der Waals surface area contributed by atoms with Gasteiger partial charge in [-0.15, -0.1) is 0 Å². The van der Waals surface area contributed by atoms with Gasteiger partial charge >= 0.3 is 0 Å². The molecule has 0 saturated heterocycles. The van der Waals surface area contributed by atoms with Crippen LogP contribution < -0.4 is 0 Å². The van der Waals surface area contributed by atoms with Crippen molar-refractivity contribution in [2.75, 3.05) is 0 Å². The number of nitrogens with zero attached hydrogens (tertiary/aromatic N) is 6. The van der Waals surface area contributed by atoms with E-state index in [1.807, 2.05) is 24.7 Å². The first-order valence-corrected chi connectivity index (χ1v) is 15.8. The predicted molar refractivity (Wildman–Crippen MR) is 192 cm³/mol. The summed E-state index contributed by atoms with van der Waals surface area (Å²) in [6, 6.07) is 43.5. The molecule has 11 aromatic rings. The van der Waals surface area contributed by atoms with Gasteiger partial charge in [0.25, 0.3) is 0 Å². The van der Waals surface area contributed by atoms with Crippen LogP contribution in [-0.4, -0.2) is 28.5 Å². The Morgan fingerprint density at radius 2 is 1.02 bits per heavy atom. The molecule has 0 spiro atoms. The van der Waals surface area contributed by atoms with Crippen LogP contribution >= 0.6 is 0 Å². The number of rotatable bonds is 2. The van der Waals surface area contributed by atoms with Crippen molar-refractivity contribution in [3.05, 3.63) is 146 Å². The number of hydrogen-bond donors (Lipinski definition) is 0. The number of fused-ring (bicyclic) bond motifs is 16. The van der Waals surface area contributed by atoms with E-state index in [1.54, 1.807) is 6.20 Å². The first kappa shape index (κ1) is 24.8. The molecule has 6 aromatic heterocycles. The van der Waals surface area contributed by atoms with Gasteiger partial charge in [0.05, 0.1) is 51.0 Å². The lowest BCUT2D eigenvalue weighted by atomic mass is 10.0. The maximum absolute atomic E-state index is 5.17. The van der Waals surface area contributed by atoms with Gasteiger partial charge in [0.15, 0.2) is 0 Å². The van der Waals surface area contributed by atoms with E-state index in [9.17, 15) is 0 Å². The molecule has 0 N–H and O–H groups in total. The van der Waals surface area contributed by atoms with Crippen LogP contribution in [0, 0.1) is 0 Å². The van der Waals surface area contributed by atoms with E-state index in [-0.39, 0.29) is 0 Å². The molecule has 0 aliphatic carbocycles. The van der Waals surface area contributed by atoms with Crippen molar-refractivity contribution in [2.45, 2.75) is 0 Å². The zero-order chi connectivity index (χ0) is 30.6. The third-order valence-corrected chi connectivity index (χ3v) is 9.76. The fraction of sp³-hybridized carbons (Fsp3) is 0. The highest BCUT2D eigenvalue weighted by Crippen LogP contribution is 2.45. The zero-order valence-corrected chi connectivity index (χ0v) is 25.0. The lowest BCUT2D eigenvalue weighted by Gasteiger charge is -2.13. The van der Waals surface area contributed by atoms with Crippen molar-refractivity contribution in [1.29, 1.82) is 0 Å². The van der Waals surface area contributed by atoms with E-state index in [0.29, 0.717) is 0 Å². The quantitative estimate of drug-likeness (QED) is 0.186. The molecule has 0 atom stereocenters. The Bertz CT molecular complexity index is 3060. The summed E-state index contributed by atoms with van der Waals surface area (Å²) in [5.41, 5.74) is 10.8. The Morgan fingerprint density at radius 3 is 1.83 bits per heavy atom. The Morgan fingerprint density at radius 1 is 0.404 bits per heavy atom. The molecule has 6 heteroatoms. The Hall–Kier alpha value is -6.53. The van der Waals surface area contributed by atoms with Gasteiger partial charge in [-0.25, -0.2) is 4.98 Å². The lowest BCUT2D eigenvalue weighted by Crippen LogP contribution is -1.97. The SMILES string of the molecule is c1ccc(-n2c3ccccc3c3c2ccc2c4ccc5c(c6ccncc6n6c7cnccc7nc56)c4n(-c4ccccc4)c23)cc1. The average Bonchev–Trinajstić information content (AvgIpc) is 3.80. The number of benzene rings is 5. The van der Waals surface area contributed by atoms with Crippen LogP contribution in [0.2, 0.25) is 0 Å². The summed E-state index contributed by atoms with van der Waals surface area (Å²) in [6.45, 7) is 0. The Labute approximate surface area is 267 Å². The van der Waals surface area contributed by atoms with Crippen LogP contribution in [0.3, 0.4) is 0 Å². The summed E-state index contributed by atoms with van der Waals surface area (Å²) < 4.78 is 7.08. The molecule has 6 nitrogen and oxygen atoms in total. The monoisotopic (exact) mass is 600 g/mol. The van der Waals surface area contributed by atoms with Crippen LogP contribution in [0.1, 0.15) is 0 Å². The molecule has 6 heterocycles. The Balaban J connectivity index is 1.44. The highest BCUT2D eigenvalue weighted by Gasteiger charge is 2.24. The molecular formula is C41H24N6. The van der Waals surface area contributed by atoms with Gasteiger partial charge < -0.3 is 9.13 Å². The number of hydrogen-bond acceptors (Lipinski definition) is 3. The first-order valence-electron chi connectivity index (χ1n) is 15.8. The summed E-state index contributed by atoms with van der Waals surface area (Å²) in [7, 11) is 0. The molecule has 0 aliphatic rings. The fourth-order valence-corrected chi connectivity index (χ4v) is 7.92. The molecule has 218 valence electrons. The number of imidazole rings is 1. The molecule has 0 fully saturated rings. The van der Waals surface area contributed by atoms with Crippen molar-refractivity contribution in [3.8, 4) is 11.4 Å². The molecule has 47 heavy (non-hydrogen) atoms. The average molecular weight is 601 g/mol. The van der Waals surface area contributed by atoms with Gasteiger partial charge in [-0.3, -0.25) is 14.4 Å². The first-order chi connectivity index (χ1) is 23.4. The van der Waals surface area contributed by atoms with Crippen molar-refractivity contribution < 1.29 is 0 Å². The minimum atomic E-state index is 0.904. The van der Waals surface area contributed by atoms with Gasteiger partial charge in [0.2, 0.25) is 0 Å². The van der Waals surface area contributed by atoms with Gasteiger partial charge in [0, 0.05) is 61.5 Å². The van der Waals surface area contributed by atoms with E-state index in [0.717, 1.165) is 55.2 Å². The topological polar surface area (TPSA) is 52.9 Å². The summed E-state index contributed by atoms with van der Waals surface area (Å²) in [5.74, 6) is 0. The van der Waals surface area contributed by atoms with Crippen LogP contribution in [-0.2, 0) is 0 Å². The standard InChI is InChI=1S/C41H24N6/c1-3-9-25(10-4-1)45-33-14-8-7-13-29(33)38-34(45)18-17-28-27-15-16-31-37(39(27)46(40(28)38)26-11-5-2-6-12-26)30-19-21-42-23-35(30)47-36-24-43-22-20-32(36)44-41(31)47/h1-24H.